The van der Waals surface area contributed by atoms with Crippen LogP contribution in [0.25, 0.3) is 0 Å². The zero-order chi connectivity index (χ0) is 19.2. The van der Waals surface area contributed by atoms with Crippen LogP contribution in [0.4, 0.5) is 8.78 Å². The summed E-state index contributed by atoms with van der Waals surface area (Å²) in [6, 6.07) is 3.70. The maximum atomic E-state index is 12.7. The van der Waals surface area contributed by atoms with Gasteiger partial charge in [-0.1, -0.05) is 22.0 Å². The molecule has 142 valence electrons. The maximum absolute atomic E-state index is 12.7. The SMILES string of the molecule is CCOC(=O)CC(N[S@@](=O)C(C)(C)C)c1c(Br)cccc1OC(F)F. The number of nitrogens with one attached hydrogen (secondary N) is 1. The Morgan fingerprint density at radius 2 is 2.00 bits per heavy atom. The molecule has 0 saturated carbocycles. The van der Waals surface area contributed by atoms with Crippen molar-refractivity contribution in [1.29, 1.82) is 0 Å². The highest BCUT2D eigenvalue weighted by molar-refractivity contribution is 9.10. The fraction of sp³-hybridized carbons (Fsp3) is 0.562. The number of hydrogen-bond donors (Lipinski definition) is 1. The van der Waals surface area contributed by atoms with E-state index in [4.69, 9.17) is 4.74 Å². The molecule has 25 heavy (non-hydrogen) atoms. The number of esters is 1. The van der Waals surface area contributed by atoms with Crippen LogP contribution >= 0.6 is 15.9 Å². The molecule has 0 heterocycles. The van der Waals surface area contributed by atoms with Gasteiger partial charge < -0.3 is 9.47 Å². The highest BCUT2D eigenvalue weighted by Crippen LogP contribution is 2.36. The van der Waals surface area contributed by atoms with E-state index in [1.807, 2.05) is 0 Å². The predicted octanol–water partition coefficient (Wildman–Crippen LogP) is 4.10. The normalized spacial score (nSPS) is 14.2. The van der Waals surface area contributed by atoms with E-state index in [0.29, 0.717) is 4.47 Å². The van der Waals surface area contributed by atoms with Gasteiger partial charge in [0.05, 0.1) is 34.8 Å². The lowest BCUT2D eigenvalue weighted by atomic mass is 10.0. The van der Waals surface area contributed by atoms with E-state index >= 15 is 0 Å². The summed E-state index contributed by atoms with van der Waals surface area (Å²) in [5.41, 5.74) is 0.286. The molecule has 0 aliphatic heterocycles. The first-order valence-corrected chi connectivity index (χ1v) is 9.57. The second kappa shape index (κ2) is 9.59. The lowest BCUT2D eigenvalue weighted by molar-refractivity contribution is -0.143. The van der Waals surface area contributed by atoms with E-state index in [-0.39, 0.29) is 24.3 Å². The topological polar surface area (TPSA) is 64.6 Å². The molecule has 5 nitrogen and oxygen atoms in total. The summed E-state index contributed by atoms with van der Waals surface area (Å²) in [5, 5.41) is 0. The number of alkyl halides is 2. The first-order valence-electron chi connectivity index (χ1n) is 7.63. The second-order valence-corrected chi connectivity index (χ2v) is 8.94. The van der Waals surface area contributed by atoms with Crippen molar-refractivity contribution in [1.82, 2.24) is 4.72 Å². The van der Waals surface area contributed by atoms with E-state index in [1.54, 1.807) is 33.8 Å². The quantitative estimate of drug-likeness (QED) is 0.616. The van der Waals surface area contributed by atoms with Crippen molar-refractivity contribution in [2.75, 3.05) is 6.61 Å². The fourth-order valence-corrected chi connectivity index (χ4v) is 3.39. The average molecular weight is 442 g/mol. The van der Waals surface area contributed by atoms with Gasteiger partial charge in [0, 0.05) is 10.0 Å². The molecule has 0 bridgehead atoms. The number of carbonyl (C=O) groups is 1. The molecule has 9 heteroatoms. The summed E-state index contributed by atoms with van der Waals surface area (Å²) in [6.07, 6.45) is -0.183. The third-order valence-electron chi connectivity index (χ3n) is 3.06. The van der Waals surface area contributed by atoms with Crippen LogP contribution < -0.4 is 9.46 Å². The minimum Gasteiger partial charge on any atom is -0.466 e. The molecule has 0 radical (unpaired) electrons. The van der Waals surface area contributed by atoms with Crippen molar-refractivity contribution in [3.05, 3.63) is 28.2 Å². The number of rotatable bonds is 8. The van der Waals surface area contributed by atoms with Crippen LogP contribution in [0.3, 0.4) is 0 Å². The largest absolute Gasteiger partial charge is 0.466 e. The summed E-state index contributed by atoms with van der Waals surface area (Å²) in [6.45, 7) is 4.10. The van der Waals surface area contributed by atoms with Crippen molar-refractivity contribution < 1.29 is 27.3 Å². The summed E-state index contributed by atoms with van der Waals surface area (Å²) >= 11 is 3.29. The molecule has 0 saturated heterocycles. The Balaban J connectivity index is 3.26. The van der Waals surface area contributed by atoms with Crippen molar-refractivity contribution >= 4 is 32.9 Å². The zero-order valence-electron chi connectivity index (χ0n) is 14.5. The second-order valence-electron chi connectivity index (χ2n) is 6.09. The summed E-state index contributed by atoms with van der Waals surface area (Å²) in [5.74, 6) is -0.637. The van der Waals surface area contributed by atoms with Gasteiger partial charge in [0.25, 0.3) is 0 Å². The van der Waals surface area contributed by atoms with Gasteiger partial charge in [-0.3, -0.25) is 4.79 Å². The van der Waals surface area contributed by atoms with Crippen LogP contribution in [0.2, 0.25) is 0 Å². The number of ether oxygens (including phenoxy) is 2. The molecule has 0 spiro atoms. The van der Waals surface area contributed by atoms with Gasteiger partial charge in [0.15, 0.2) is 0 Å². The highest BCUT2D eigenvalue weighted by atomic mass is 79.9. The first kappa shape index (κ1) is 22.0. The summed E-state index contributed by atoms with van der Waals surface area (Å²) < 4.78 is 50.1. The van der Waals surface area contributed by atoms with E-state index in [0.717, 1.165) is 0 Å². The molecule has 0 aliphatic carbocycles. The molecular formula is C16H22BrF2NO4S. The Morgan fingerprint density at radius 1 is 1.36 bits per heavy atom. The van der Waals surface area contributed by atoms with Crippen LogP contribution in [0.5, 0.6) is 5.75 Å². The Morgan fingerprint density at radius 3 is 2.52 bits per heavy atom. The van der Waals surface area contributed by atoms with Crippen molar-refractivity contribution in [3.63, 3.8) is 0 Å². The maximum Gasteiger partial charge on any atom is 0.387 e. The van der Waals surface area contributed by atoms with Gasteiger partial charge in [-0.25, -0.2) is 8.93 Å². The van der Waals surface area contributed by atoms with Crippen LogP contribution in [-0.4, -0.2) is 28.1 Å². The van der Waals surface area contributed by atoms with E-state index in [9.17, 15) is 17.8 Å². The van der Waals surface area contributed by atoms with Gasteiger partial charge in [-0.05, 0) is 39.8 Å². The minimum atomic E-state index is -3.02. The number of hydrogen-bond acceptors (Lipinski definition) is 4. The number of halogens is 3. The molecule has 1 N–H and O–H groups in total. The number of carbonyl (C=O) groups excluding carboxylic acids is 1. The lowest BCUT2D eigenvalue weighted by Gasteiger charge is -2.26. The Hall–Kier alpha value is -1.06. The smallest absolute Gasteiger partial charge is 0.387 e. The van der Waals surface area contributed by atoms with E-state index in [2.05, 4.69) is 25.4 Å². The summed E-state index contributed by atoms with van der Waals surface area (Å²) in [4.78, 5) is 11.9. The van der Waals surface area contributed by atoms with Crippen molar-refractivity contribution in [2.24, 2.45) is 0 Å². The van der Waals surface area contributed by atoms with Gasteiger partial charge in [-0.15, -0.1) is 0 Å². The third kappa shape index (κ3) is 6.99. The predicted molar refractivity (Wildman–Crippen MR) is 95.8 cm³/mol. The van der Waals surface area contributed by atoms with Gasteiger partial charge in [0.2, 0.25) is 0 Å². The monoisotopic (exact) mass is 441 g/mol. The molecule has 2 atom stereocenters. The van der Waals surface area contributed by atoms with Gasteiger partial charge >= 0.3 is 12.6 Å². The van der Waals surface area contributed by atoms with Crippen LogP contribution in [0.15, 0.2) is 22.7 Å². The van der Waals surface area contributed by atoms with Crippen LogP contribution in [0.1, 0.15) is 45.7 Å². The van der Waals surface area contributed by atoms with Crippen molar-refractivity contribution in [3.8, 4) is 5.75 Å². The molecule has 0 amide bonds. The third-order valence-corrected chi connectivity index (χ3v) is 5.36. The fourth-order valence-electron chi connectivity index (χ4n) is 1.95. The number of benzene rings is 1. The lowest BCUT2D eigenvalue weighted by Crippen LogP contribution is -2.37. The van der Waals surface area contributed by atoms with Crippen molar-refractivity contribution in [2.45, 2.75) is 51.5 Å². The molecular weight excluding hydrogens is 420 g/mol. The van der Waals surface area contributed by atoms with Crippen LogP contribution in [0, 0.1) is 0 Å². The highest BCUT2D eigenvalue weighted by Gasteiger charge is 2.29. The molecule has 1 aromatic carbocycles. The average Bonchev–Trinajstić information content (AvgIpc) is 2.45. The Labute approximate surface area is 157 Å². The Bertz CT molecular complexity index is 623. The van der Waals surface area contributed by atoms with Gasteiger partial charge in [0.1, 0.15) is 5.75 Å². The van der Waals surface area contributed by atoms with E-state index < -0.39 is 34.4 Å². The van der Waals surface area contributed by atoms with E-state index in [1.165, 1.54) is 12.1 Å². The van der Waals surface area contributed by atoms with Gasteiger partial charge in [-0.2, -0.15) is 8.78 Å². The summed E-state index contributed by atoms with van der Waals surface area (Å²) in [7, 11) is -1.54. The molecule has 0 fully saturated rings. The molecule has 1 unspecified atom stereocenters. The standard InChI is InChI=1S/C16H22BrF2NO4S/c1-5-23-13(21)9-11(20-25(22)16(2,3)4)14-10(17)7-6-8-12(14)24-15(18)19/h6-8,11,15,20H,5,9H2,1-4H3/t11?,25-/m0/s1. The van der Waals surface area contributed by atoms with Crippen LogP contribution in [-0.2, 0) is 20.5 Å². The first-order chi connectivity index (χ1) is 11.6. The molecule has 0 aliphatic rings. The molecule has 1 aromatic rings. The molecule has 1 rings (SSSR count). The Kier molecular flexibility index (Phi) is 8.43. The molecule has 0 aromatic heterocycles. The minimum absolute atomic E-state index is 0.0999. The zero-order valence-corrected chi connectivity index (χ0v) is 16.9.